The number of carboxylic acids is 1. The van der Waals surface area contributed by atoms with E-state index in [1.165, 1.54) is 12.1 Å². The Bertz CT molecular complexity index is 1220. The lowest BCUT2D eigenvalue weighted by Crippen LogP contribution is -2.37. The normalized spacial score (nSPS) is 12.7. The number of carboxylic acid groups (broad SMARTS) is 1. The molecule has 0 heterocycles. The second kappa shape index (κ2) is 11.4. The molecular weight excluding hydrogens is 479 g/mol. The van der Waals surface area contributed by atoms with E-state index < -0.39 is 28.4 Å². The Balaban J connectivity index is 2.19. The first kappa shape index (κ1) is 25.6. The van der Waals surface area contributed by atoms with E-state index in [1.807, 2.05) is 42.3 Å². The van der Waals surface area contributed by atoms with Gasteiger partial charge in [-0.1, -0.05) is 41.9 Å². The first-order chi connectivity index (χ1) is 16.3. The fourth-order valence-electron chi connectivity index (χ4n) is 3.63. The molecule has 0 bridgehead atoms. The van der Waals surface area contributed by atoms with Crippen molar-refractivity contribution in [3.8, 4) is 11.1 Å². The molecule has 0 saturated heterocycles. The lowest BCUT2D eigenvalue weighted by atomic mass is 10.0. The van der Waals surface area contributed by atoms with Crippen molar-refractivity contribution in [1.82, 2.24) is 5.32 Å². The molecule has 0 spiro atoms. The van der Waals surface area contributed by atoms with E-state index >= 15 is 0 Å². The van der Waals surface area contributed by atoms with Crippen LogP contribution in [0, 0.1) is 5.82 Å². The molecule has 9 heteroatoms. The molecule has 0 radical (unpaired) electrons. The van der Waals surface area contributed by atoms with Gasteiger partial charge in [0.25, 0.3) is 0 Å². The largest absolute Gasteiger partial charge is 0.478 e. The Labute approximate surface area is 205 Å². The van der Waals surface area contributed by atoms with Crippen LogP contribution in [0.15, 0.2) is 78.2 Å². The zero-order chi connectivity index (χ0) is 24.8. The fraction of sp³-hybridized carbons (Fsp3) is 0.160. The summed E-state index contributed by atoms with van der Waals surface area (Å²) in [4.78, 5) is 13.3. The van der Waals surface area contributed by atoms with Gasteiger partial charge in [0.2, 0.25) is 0 Å². The predicted molar refractivity (Wildman–Crippen MR) is 134 cm³/mol. The molecule has 3 rings (SSSR count). The van der Waals surface area contributed by atoms with Gasteiger partial charge >= 0.3 is 5.97 Å². The molecule has 0 fully saturated rings. The second-order valence-corrected chi connectivity index (χ2v) is 8.85. The molecule has 0 aliphatic carbocycles. The highest BCUT2D eigenvalue weighted by Crippen LogP contribution is 2.39. The molecule has 1 unspecified atom stereocenters. The molecule has 0 aliphatic heterocycles. The van der Waals surface area contributed by atoms with Crippen LogP contribution in [0.5, 0.6) is 0 Å². The maximum atomic E-state index is 13.9. The smallest absolute Gasteiger partial charge is 0.338 e. The van der Waals surface area contributed by atoms with Crippen molar-refractivity contribution in [3.63, 3.8) is 0 Å². The van der Waals surface area contributed by atoms with Crippen molar-refractivity contribution in [2.24, 2.45) is 0 Å². The van der Waals surface area contributed by atoms with Gasteiger partial charge in [0, 0.05) is 23.8 Å². The maximum absolute atomic E-state index is 13.9. The lowest BCUT2D eigenvalue weighted by molar-refractivity contribution is 0.0692. The van der Waals surface area contributed by atoms with Crippen LogP contribution < -0.4 is 10.2 Å². The van der Waals surface area contributed by atoms with Gasteiger partial charge in [0.05, 0.1) is 21.2 Å². The van der Waals surface area contributed by atoms with Crippen LogP contribution in [0.25, 0.3) is 11.1 Å². The Morgan fingerprint density at radius 3 is 2.53 bits per heavy atom. The molecule has 3 N–H and O–H groups in total. The third-order valence-electron chi connectivity index (χ3n) is 5.37. The number of rotatable bonds is 10. The Morgan fingerprint density at radius 2 is 1.94 bits per heavy atom. The summed E-state index contributed by atoms with van der Waals surface area (Å²) in [6.45, 7) is 4.25. The molecular formula is C25H24ClFN2O4S. The van der Waals surface area contributed by atoms with Crippen LogP contribution in [0.4, 0.5) is 15.8 Å². The van der Waals surface area contributed by atoms with Gasteiger partial charge in [-0.15, -0.1) is 6.58 Å². The van der Waals surface area contributed by atoms with E-state index in [0.717, 1.165) is 17.8 Å². The molecule has 0 aliphatic rings. The number of nitrogens with zero attached hydrogens (tertiary/aromatic N) is 1. The van der Waals surface area contributed by atoms with Gasteiger partial charge in [-0.3, -0.25) is 0 Å². The van der Waals surface area contributed by atoms with Crippen molar-refractivity contribution in [3.05, 3.63) is 89.7 Å². The van der Waals surface area contributed by atoms with Crippen molar-refractivity contribution in [2.75, 3.05) is 18.5 Å². The molecule has 34 heavy (non-hydrogen) atoms. The van der Waals surface area contributed by atoms with E-state index in [9.17, 15) is 23.1 Å². The number of hydrogen-bond donors (Lipinski definition) is 3. The van der Waals surface area contributed by atoms with Gasteiger partial charge in [-0.25, -0.2) is 13.4 Å². The number of aromatic carboxylic acids is 1. The van der Waals surface area contributed by atoms with Crippen molar-refractivity contribution < 1.29 is 23.1 Å². The first-order valence-corrected chi connectivity index (χ1v) is 11.8. The summed E-state index contributed by atoms with van der Waals surface area (Å²) in [5, 5.41) is 12.7. The Hall–Kier alpha value is -3.04. The van der Waals surface area contributed by atoms with Crippen LogP contribution in [0.1, 0.15) is 16.8 Å². The average molecular weight is 503 g/mol. The van der Waals surface area contributed by atoms with Crippen molar-refractivity contribution >= 4 is 40.0 Å². The van der Waals surface area contributed by atoms with Crippen LogP contribution >= 0.6 is 11.6 Å². The van der Waals surface area contributed by atoms with Gasteiger partial charge in [-0.05, 0) is 55.4 Å². The first-order valence-electron chi connectivity index (χ1n) is 10.3. The summed E-state index contributed by atoms with van der Waals surface area (Å²) in [5.74, 6) is -2.31. The average Bonchev–Trinajstić information content (AvgIpc) is 2.82. The van der Waals surface area contributed by atoms with Crippen LogP contribution in [-0.4, -0.2) is 39.5 Å². The molecule has 6 nitrogen and oxygen atoms in total. The minimum Gasteiger partial charge on any atom is -0.478 e. The van der Waals surface area contributed by atoms with Crippen LogP contribution in [-0.2, 0) is 11.1 Å². The molecule has 3 aromatic carbocycles. The van der Waals surface area contributed by atoms with Gasteiger partial charge in [0.1, 0.15) is 5.82 Å². The third kappa shape index (κ3) is 5.71. The summed E-state index contributed by atoms with van der Waals surface area (Å²) in [5.41, 5.74) is 1.32. The Morgan fingerprint density at radius 1 is 1.24 bits per heavy atom. The number of likely N-dealkylation sites (N-methyl/N-ethyl adjacent to an activating group) is 1. The maximum Gasteiger partial charge on any atom is 0.338 e. The van der Waals surface area contributed by atoms with E-state index in [-0.39, 0.29) is 16.0 Å². The number of anilines is 2. The molecule has 0 aromatic heterocycles. The minimum absolute atomic E-state index is 0.00800. The number of hydrogen-bond acceptors (Lipinski definition) is 4. The summed E-state index contributed by atoms with van der Waals surface area (Å²) in [7, 11) is 1.83. The SMILES string of the molecule is C=CC[C@H](CN(c1ccccc1)c1cc(Cl)c(-c2ccc(F)c(C(=O)O)c2)cc1S(=O)O)NC. The Kier molecular flexibility index (Phi) is 8.57. The van der Waals surface area contributed by atoms with Crippen LogP contribution in [0.3, 0.4) is 0 Å². The van der Waals surface area contributed by atoms with Crippen molar-refractivity contribution in [2.45, 2.75) is 17.4 Å². The zero-order valence-electron chi connectivity index (χ0n) is 18.4. The zero-order valence-corrected chi connectivity index (χ0v) is 19.9. The van der Waals surface area contributed by atoms with E-state index in [1.54, 1.807) is 12.1 Å². The van der Waals surface area contributed by atoms with Gasteiger partial charge in [-0.2, -0.15) is 0 Å². The number of nitrogens with one attached hydrogen (secondary N) is 1. The molecule has 3 aromatic rings. The molecule has 0 amide bonds. The summed E-state index contributed by atoms with van der Waals surface area (Å²) < 4.78 is 36.5. The number of para-hydroxylation sites is 1. The van der Waals surface area contributed by atoms with E-state index in [0.29, 0.717) is 29.8 Å². The number of carbonyl (C=O) groups is 1. The quantitative estimate of drug-likeness (QED) is 0.242. The lowest BCUT2D eigenvalue weighted by Gasteiger charge is -2.31. The number of benzene rings is 3. The third-order valence-corrected chi connectivity index (χ3v) is 6.38. The van der Waals surface area contributed by atoms with Crippen LogP contribution in [0.2, 0.25) is 5.02 Å². The van der Waals surface area contributed by atoms with Crippen molar-refractivity contribution in [1.29, 1.82) is 0 Å². The second-order valence-electron chi connectivity index (χ2n) is 7.50. The summed E-state index contributed by atoms with van der Waals surface area (Å²) in [6, 6.07) is 15.9. The highest BCUT2D eigenvalue weighted by molar-refractivity contribution is 7.79. The molecule has 2 atom stereocenters. The van der Waals surface area contributed by atoms with Gasteiger partial charge in [0.15, 0.2) is 11.1 Å². The predicted octanol–water partition coefficient (Wildman–Crippen LogP) is 5.73. The van der Waals surface area contributed by atoms with E-state index in [4.69, 9.17) is 11.6 Å². The number of halogens is 2. The minimum atomic E-state index is -2.40. The molecule has 178 valence electrons. The highest BCUT2D eigenvalue weighted by atomic mass is 35.5. The monoisotopic (exact) mass is 502 g/mol. The summed E-state index contributed by atoms with van der Waals surface area (Å²) >= 11 is 4.20. The topological polar surface area (TPSA) is 89.9 Å². The van der Waals surface area contributed by atoms with E-state index in [2.05, 4.69) is 11.9 Å². The summed E-state index contributed by atoms with van der Waals surface area (Å²) in [6.07, 6.45) is 2.46. The highest BCUT2D eigenvalue weighted by Gasteiger charge is 2.23. The standard InChI is InChI=1S/C25H24ClFN2O4S/c1-3-7-17(28-2)15-29(18-8-5-4-6-9-18)23-14-21(26)19(13-24(23)34(32)33)16-10-11-22(27)20(12-16)25(30)31/h3-6,8-14,17,28H,1,7,15H2,2H3,(H,30,31)(H,32,33)/t17-/m1/s1. The molecule has 0 saturated carbocycles. The fourth-order valence-corrected chi connectivity index (χ4v) is 4.46. The van der Waals surface area contributed by atoms with Gasteiger partial charge < -0.3 is 19.9 Å².